The van der Waals surface area contributed by atoms with E-state index in [2.05, 4.69) is 4.98 Å². The molecule has 0 aliphatic carbocycles. The molecule has 2 N–H and O–H groups in total. The number of aromatic nitrogens is 1. The topological polar surface area (TPSA) is 102 Å². The molecule has 1 saturated heterocycles. The summed E-state index contributed by atoms with van der Waals surface area (Å²) in [5.41, 5.74) is 7.24. The maximum absolute atomic E-state index is 12.8. The molecule has 7 nitrogen and oxygen atoms in total. The summed E-state index contributed by atoms with van der Waals surface area (Å²) in [5, 5.41) is 13.2. The molecule has 132 valence electrons. The van der Waals surface area contributed by atoms with E-state index < -0.39 is 4.92 Å². The van der Waals surface area contributed by atoms with Gasteiger partial charge < -0.3 is 10.6 Å². The molecule has 1 aromatic carbocycles. The zero-order valence-corrected chi connectivity index (χ0v) is 14.7. The van der Waals surface area contributed by atoms with Crippen LogP contribution in [0.25, 0.3) is 10.6 Å². The number of nitrogens with two attached hydrogens (primary N) is 1. The Bertz CT molecular complexity index is 772. The Morgan fingerprint density at radius 3 is 2.76 bits per heavy atom. The van der Waals surface area contributed by atoms with Crippen LogP contribution in [0.5, 0.6) is 0 Å². The fraction of sp³-hybridized carbons (Fsp3) is 0.412. The maximum Gasteiger partial charge on any atom is 0.273 e. The molecule has 1 amide bonds. The third-order valence-corrected chi connectivity index (χ3v) is 5.36. The zero-order valence-electron chi connectivity index (χ0n) is 13.9. The van der Waals surface area contributed by atoms with E-state index in [1.165, 1.54) is 23.5 Å². The molecule has 0 radical (unpaired) electrons. The highest BCUT2D eigenvalue weighted by atomic mass is 32.1. The van der Waals surface area contributed by atoms with Crippen LogP contribution in [-0.4, -0.2) is 39.3 Å². The molecule has 25 heavy (non-hydrogen) atoms. The number of nitro benzene ring substituents is 1. The number of carbonyl (C=O) groups is 1. The Balaban J connectivity index is 1.80. The van der Waals surface area contributed by atoms with Crippen LogP contribution in [0.3, 0.4) is 0 Å². The van der Waals surface area contributed by atoms with E-state index in [0.29, 0.717) is 17.2 Å². The highest BCUT2D eigenvalue weighted by Gasteiger charge is 2.31. The summed E-state index contributed by atoms with van der Waals surface area (Å²) in [7, 11) is 0. The van der Waals surface area contributed by atoms with Gasteiger partial charge in [-0.05, 0) is 38.3 Å². The van der Waals surface area contributed by atoms with E-state index in [1.807, 2.05) is 11.8 Å². The minimum absolute atomic E-state index is 0.0321. The van der Waals surface area contributed by atoms with Gasteiger partial charge in [0, 0.05) is 41.7 Å². The smallest absolute Gasteiger partial charge is 0.273 e. The predicted molar refractivity (Wildman–Crippen MR) is 96.5 cm³/mol. The number of nitrogens with zero attached hydrogens (tertiary/aromatic N) is 3. The summed E-state index contributed by atoms with van der Waals surface area (Å²) >= 11 is 1.36. The van der Waals surface area contributed by atoms with Crippen molar-refractivity contribution in [1.82, 2.24) is 9.88 Å². The van der Waals surface area contributed by atoms with Crippen molar-refractivity contribution in [2.45, 2.75) is 38.3 Å². The fourth-order valence-corrected chi connectivity index (χ4v) is 3.93. The summed E-state index contributed by atoms with van der Waals surface area (Å²) in [5.74, 6) is -0.0913. The summed E-state index contributed by atoms with van der Waals surface area (Å²) < 4.78 is 0. The molecule has 1 aromatic heterocycles. The first-order valence-corrected chi connectivity index (χ1v) is 9.12. The SMILES string of the molecule is CC(N)C1CCCCN1C(=O)c1csc(-c2ccc([N+](=O)[O-])cc2)n1. The third-order valence-electron chi connectivity index (χ3n) is 4.47. The predicted octanol–water partition coefficient (Wildman–Crippen LogP) is 3.06. The van der Waals surface area contributed by atoms with E-state index >= 15 is 0 Å². The molecule has 2 aromatic rings. The van der Waals surface area contributed by atoms with Crippen molar-refractivity contribution in [2.75, 3.05) is 6.54 Å². The van der Waals surface area contributed by atoms with Gasteiger partial charge in [-0.1, -0.05) is 0 Å². The zero-order chi connectivity index (χ0) is 18.0. The summed E-state index contributed by atoms with van der Waals surface area (Å²) in [4.78, 5) is 29.4. The Hall–Kier alpha value is -2.32. The van der Waals surface area contributed by atoms with E-state index in [9.17, 15) is 14.9 Å². The second-order valence-electron chi connectivity index (χ2n) is 6.26. The van der Waals surface area contributed by atoms with Crippen molar-refractivity contribution in [3.05, 3.63) is 45.5 Å². The number of amides is 1. The number of non-ortho nitro benzene ring substituents is 1. The molecule has 2 unspecified atom stereocenters. The Morgan fingerprint density at radius 2 is 2.12 bits per heavy atom. The molecule has 1 aliphatic heterocycles. The Morgan fingerprint density at radius 1 is 1.40 bits per heavy atom. The third kappa shape index (κ3) is 3.69. The van der Waals surface area contributed by atoms with Crippen molar-refractivity contribution in [3.63, 3.8) is 0 Å². The normalized spacial score (nSPS) is 18.8. The first-order chi connectivity index (χ1) is 12.0. The van der Waals surface area contributed by atoms with Crippen molar-refractivity contribution < 1.29 is 9.72 Å². The van der Waals surface area contributed by atoms with Crippen molar-refractivity contribution in [1.29, 1.82) is 0 Å². The quantitative estimate of drug-likeness (QED) is 0.667. The molecule has 1 aliphatic rings. The van der Waals surface area contributed by atoms with E-state index in [4.69, 9.17) is 5.73 Å². The van der Waals surface area contributed by atoms with Crippen LogP contribution in [0.1, 0.15) is 36.7 Å². The Kier molecular flexibility index (Phi) is 5.10. The number of likely N-dealkylation sites (tertiary alicyclic amines) is 1. The fourth-order valence-electron chi connectivity index (χ4n) is 3.13. The van der Waals surface area contributed by atoms with Gasteiger partial charge in [-0.15, -0.1) is 11.3 Å². The number of carbonyl (C=O) groups excluding carboxylic acids is 1. The minimum atomic E-state index is -0.439. The van der Waals surface area contributed by atoms with Gasteiger partial charge in [0.2, 0.25) is 0 Å². The van der Waals surface area contributed by atoms with Crippen LogP contribution >= 0.6 is 11.3 Å². The van der Waals surface area contributed by atoms with Gasteiger partial charge in [0.25, 0.3) is 11.6 Å². The highest BCUT2D eigenvalue weighted by molar-refractivity contribution is 7.13. The monoisotopic (exact) mass is 360 g/mol. The van der Waals surface area contributed by atoms with Crippen LogP contribution in [0.4, 0.5) is 5.69 Å². The minimum Gasteiger partial charge on any atom is -0.333 e. The average molecular weight is 360 g/mol. The van der Waals surface area contributed by atoms with E-state index in [-0.39, 0.29) is 23.7 Å². The number of hydrogen-bond donors (Lipinski definition) is 1. The van der Waals surface area contributed by atoms with Crippen molar-refractivity contribution >= 4 is 22.9 Å². The lowest BCUT2D eigenvalue weighted by atomic mass is 9.96. The number of benzene rings is 1. The lowest BCUT2D eigenvalue weighted by Gasteiger charge is -2.37. The van der Waals surface area contributed by atoms with Crippen LogP contribution in [0.15, 0.2) is 29.6 Å². The van der Waals surface area contributed by atoms with Gasteiger partial charge in [0.05, 0.1) is 4.92 Å². The maximum atomic E-state index is 12.8. The molecule has 0 spiro atoms. The molecular weight excluding hydrogens is 340 g/mol. The van der Waals surface area contributed by atoms with Crippen molar-refractivity contribution in [2.24, 2.45) is 5.73 Å². The van der Waals surface area contributed by atoms with Crippen LogP contribution < -0.4 is 5.73 Å². The van der Waals surface area contributed by atoms with Crippen LogP contribution in [0, 0.1) is 10.1 Å². The molecule has 2 heterocycles. The van der Waals surface area contributed by atoms with Gasteiger partial charge >= 0.3 is 0 Å². The second kappa shape index (κ2) is 7.28. The lowest BCUT2D eigenvalue weighted by molar-refractivity contribution is -0.384. The first kappa shape index (κ1) is 17.5. The average Bonchev–Trinajstić information content (AvgIpc) is 3.11. The van der Waals surface area contributed by atoms with Crippen LogP contribution in [-0.2, 0) is 0 Å². The molecule has 3 rings (SSSR count). The van der Waals surface area contributed by atoms with Crippen molar-refractivity contribution in [3.8, 4) is 10.6 Å². The summed E-state index contributed by atoms with van der Waals surface area (Å²) in [6.07, 6.45) is 2.98. The Labute approximate surface area is 149 Å². The van der Waals surface area contributed by atoms with Gasteiger partial charge in [0.15, 0.2) is 0 Å². The highest BCUT2D eigenvalue weighted by Crippen LogP contribution is 2.27. The van der Waals surface area contributed by atoms with Gasteiger partial charge in [-0.25, -0.2) is 4.98 Å². The van der Waals surface area contributed by atoms with Gasteiger partial charge in [0.1, 0.15) is 10.7 Å². The first-order valence-electron chi connectivity index (χ1n) is 8.24. The summed E-state index contributed by atoms with van der Waals surface area (Å²) in [6.45, 7) is 2.63. The number of nitro groups is 1. The molecule has 2 atom stereocenters. The number of thiazole rings is 1. The largest absolute Gasteiger partial charge is 0.333 e. The number of piperidine rings is 1. The lowest BCUT2D eigenvalue weighted by Crippen LogP contribution is -2.51. The molecule has 0 bridgehead atoms. The molecule has 8 heteroatoms. The number of rotatable bonds is 4. The van der Waals surface area contributed by atoms with Gasteiger partial charge in [-0.3, -0.25) is 14.9 Å². The molecule has 1 fully saturated rings. The summed E-state index contributed by atoms with van der Waals surface area (Å²) in [6, 6.07) is 6.15. The van der Waals surface area contributed by atoms with E-state index in [1.54, 1.807) is 17.5 Å². The molecule has 0 saturated carbocycles. The second-order valence-corrected chi connectivity index (χ2v) is 7.12. The van der Waals surface area contributed by atoms with E-state index in [0.717, 1.165) is 24.8 Å². The number of hydrogen-bond acceptors (Lipinski definition) is 6. The van der Waals surface area contributed by atoms with Crippen LogP contribution in [0.2, 0.25) is 0 Å². The van der Waals surface area contributed by atoms with Gasteiger partial charge in [-0.2, -0.15) is 0 Å². The molecular formula is C17H20N4O3S. The standard InChI is InChI=1S/C17H20N4O3S/c1-11(18)15-4-2-3-9-20(15)17(22)14-10-25-16(19-14)12-5-7-13(8-6-12)21(23)24/h5-8,10-11,15H,2-4,9,18H2,1H3.